The van der Waals surface area contributed by atoms with Gasteiger partial charge < -0.3 is 5.32 Å². The highest BCUT2D eigenvalue weighted by molar-refractivity contribution is 7.98. The van der Waals surface area contributed by atoms with Gasteiger partial charge in [0.1, 0.15) is 5.82 Å². The van der Waals surface area contributed by atoms with Crippen LogP contribution in [0.25, 0.3) is 0 Å². The number of carbonyl (C=O) groups excluding carboxylic acids is 1. The van der Waals surface area contributed by atoms with Gasteiger partial charge in [-0.15, -0.1) is 11.8 Å². The molecule has 0 saturated carbocycles. The van der Waals surface area contributed by atoms with Crippen molar-refractivity contribution in [3.05, 3.63) is 53.1 Å². The fourth-order valence-electron chi connectivity index (χ4n) is 2.06. The van der Waals surface area contributed by atoms with Crippen LogP contribution in [0.3, 0.4) is 0 Å². The summed E-state index contributed by atoms with van der Waals surface area (Å²) < 4.78 is 0. The molecule has 1 N–H and O–H groups in total. The Hall–Kier alpha value is -1.88. The van der Waals surface area contributed by atoms with Gasteiger partial charge in [0.05, 0.1) is 17.3 Å². The largest absolute Gasteiger partial charge is 0.345 e. The van der Waals surface area contributed by atoms with Gasteiger partial charge >= 0.3 is 0 Å². The molecule has 4 nitrogen and oxygen atoms in total. The maximum atomic E-state index is 12.3. The first kappa shape index (κ1) is 15.5. The van der Waals surface area contributed by atoms with E-state index in [1.54, 1.807) is 18.0 Å². The molecule has 1 heterocycles. The Balaban J connectivity index is 2.10. The Morgan fingerprint density at radius 2 is 1.90 bits per heavy atom. The van der Waals surface area contributed by atoms with Crippen LogP contribution in [0.2, 0.25) is 0 Å². The van der Waals surface area contributed by atoms with E-state index in [2.05, 4.69) is 27.4 Å². The quantitative estimate of drug-likeness (QED) is 0.880. The molecule has 0 aliphatic heterocycles. The Labute approximate surface area is 129 Å². The maximum absolute atomic E-state index is 12.3. The molecule has 0 saturated heterocycles. The summed E-state index contributed by atoms with van der Waals surface area (Å²) in [5.41, 5.74) is 2.30. The molecule has 2 aromatic rings. The molecule has 1 aromatic heterocycles. The molecule has 5 heteroatoms. The van der Waals surface area contributed by atoms with Crippen molar-refractivity contribution in [2.45, 2.75) is 31.7 Å². The summed E-state index contributed by atoms with van der Waals surface area (Å²) in [6.45, 7) is 5.60. The van der Waals surface area contributed by atoms with E-state index in [1.807, 2.05) is 39.2 Å². The van der Waals surface area contributed by atoms with Gasteiger partial charge in [-0.1, -0.05) is 12.1 Å². The molecule has 2 rings (SSSR count). The first-order valence-electron chi connectivity index (χ1n) is 6.76. The van der Waals surface area contributed by atoms with Crippen LogP contribution in [-0.2, 0) is 0 Å². The zero-order valence-electron chi connectivity index (χ0n) is 12.7. The topological polar surface area (TPSA) is 54.9 Å². The monoisotopic (exact) mass is 301 g/mol. The number of rotatable bonds is 4. The number of thioether (sulfide) groups is 1. The van der Waals surface area contributed by atoms with Crippen LogP contribution >= 0.6 is 11.8 Å². The van der Waals surface area contributed by atoms with E-state index in [0.29, 0.717) is 17.1 Å². The number of aromatic nitrogens is 2. The summed E-state index contributed by atoms with van der Waals surface area (Å²) in [5, 5.41) is 2.98. The van der Waals surface area contributed by atoms with Crippen LogP contribution < -0.4 is 5.32 Å². The van der Waals surface area contributed by atoms with Gasteiger partial charge in [0, 0.05) is 11.1 Å². The number of hydrogen-bond acceptors (Lipinski definition) is 4. The second kappa shape index (κ2) is 6.72. The molecule has 0 bridgehead atoms. The highest BCUT2D eigenvalue weighted by Crippen LogP contribution is 2.19. The maximum Gasteiger partial charge on any atom is 0.255 e. The lowest BCUT2D eigenvalue weighted by Gasteiger charge is -2.15. The average Bonchev–Trinajstić information content (AvgIpc) is 2.47. The summed E-state index contributed by atoms with van der Waals surface area (Å²) in [5.74, 6) is 0.527. The SMILES string of the molecule is CSc1ccc([C@@H](C)NC(=O)c2cnc(C)nc2C)cc1. The molecular weight excluding hydrogens is 282 g/mol. The summed E-state index contributed by atoms with van der Waals surface area (Å²) in [7, 11) is 0. The Bertz CT molecular complexity index is 640. The molecule has 21 heavy (non-hydrogen) atoms. The minimum Gasteiger partial charge on any atom is -0.345 e. The molecule has 1 aromatic carbocycles. The summed E-state index contributed by atoms with van der Waals surface area (Å²) in [4.78, 5) is 21.8. The lowest BCUT2D eigenvalue weighted by molar-refractivity contribution is 0.0938. The Kier molecular flexibility index (Phi) is 4.96. The van der Waals surface area contributed by atoms with Gasteiger partial charge in [-0.05, 0) is 44.7 Å². The molecule has 0 spiro atoms. The van der Waals surface area contributed by atoms with E-state index >= 15 is 0 Å². The second-order valence-corrected chi connectivity index (χ2v) is 5.76. The van der Waals surface area contributed by atoms with E-state index in [-0.39, 0.29) is 11.9 Å². The zero-order valence-corrected chi connectivity index (χ0v) is 13.5. The third kappa shape index (κ3) is 3.82. The molecule has 0 fully saturated rings. The van der Waals surface area contributed by atoms with Crippen molar-refractivity contribution in [2.75, 3.05) is 6.26 Å². The highest BCUT2D eigenvalue weighted by Gasteiger charge is 2.14. The van der Waals surface area contributed by atoms with E-state index in [0.717, 1.165) is 5.56 Å². The molecule has 0 radical (unpaired) electrons. The van der Waals surface area contributed by atoms with Crippen molar-refractivity contribution in [3.63, 3.8) is 0 Å². The third-order valence-electron chi connectivity index (χ3n) is 3.31. The fraction of sp³-hybridized carbons (Fsp3) is 0.312. The fourth-order valence-corrected chi connectivity index (χ4v) is 2.46. The van der Waals surface area contributed by atoms with Crippen LogP contribution in [0.4, 0.5) is 0 Å². The number of amides is 1. The molecule has 1 amide bonds. The molecule has 110 valence electrons. The zero-order chi connectivity index (χ0) is 15.4. The van der Waals surface area contributed by atoms with Crippen molar-refractivity contribution in [1.29, 1.82) is 0 Å². The van der Waals surface area contributed by atoms with Gasteiger partial charge in [-0.25, -0.2) is 9.97 Å². The molecule has 0 unspecified atom stereocenters. The van der Waals surface area contributed by atoms with E-state index in [9.17, 15) is 4.79 Å². The van der Waals surface area contributed by atoms with Gasteiger partial charge in [-0.2, -0.15) is 0 Å². The number of carbonyl (C=O) groups is 1. The summed E-state index contributed by atoms with van der Waals surface area (Å²) >= 11 is 1.70. The van der Waals surface area contributed by atoms with Gasteiger partial charge in [-0.3, -0.25) is 4.79 Å². The molecule has 1 atom stereocenters. The number of hydrogen-bond donors (Lipinski definition) is 1. The van der Waals surface area contributed by atoms with E-state index in [1.165, 1.54) is 4.90 Å². The van der Waals surface area contributed by atoms with Crippen molar-refractivity contribution in [1.82, 2.24) is 15.3 Å². The van der Waals surface area contributed by atoms with E-state index in [4.69, 9.17) is 0 Å². The van der Waals surface area contributed by atoms with Crippen molar-refractivity contribution in [3.8, 4) is 0 Å². The van der Waals surface area contributed by atoms with Crippen LogP contribution in [0.5, 0.6) is 0 Å². The minimum atomic E-state index is -0.144. The van der Waals surface area contributed by atoms with Gasteiger partial charge in [0.2, 0.25) is 0 Å². The number of nitrogens with zero attached hydrogens (tertiary/aromatic N) is 2. The number of aryl methyl sites for hydroxylation is 2. The normalized spacial score (nSPS) is 12.0. The second-order valence-electron chi connectivity index (χ2n) is 4.88. The van der Waals surface area contributed by atoms with Crippen molar-refractivity contribution >= 4 is 17.7 Å². The van der Waals surface area contributed by atoms with E-state index < -0.39 is 0 Å². The number of benzene rings is 1. The third-order valence-corrected chi connectivity index (χ3v) is 4.05. The van der Waals surface area contributed by atoms with Gasteiger partial charge in [0.25, 0.3) is 5.91 Å². The van der Waals surface area contributed by atoms with Gasteiger partial charge in [0.15, 0.2) is 0 Å². The standard InChI is InChI=1S/C16H19N3OS/c1-10(13-5-7-14(21-4)8-6-13)19-16(20)15-9-17-12(3)18-11(15)2/h5-10H,1-4H3,(H,19,20)/t10-/m1/s1. The smallest absolute Gasteiger partial charge is 0.255 e. The molecule has 0 aliphatic carbocycles. The van der Waals surface area contributed by atoms with Crippen LogP contribution in [0.1, 0.15) is 40.4 Å². The van der Waals surface area contributed by atoms with Crippen molar-refractivity contribution < 1.29 is 4.79 Å². The lowest BCUT2D eigenvalue weighted by Crippen LogP contribution is -2.27. The molecule has 0 aliphatic rings. The predicted octanol–water partition coefficient (Wildman–Crippen LogP) is 3.31. The van der Waals surface area contributed by atoms with Crippen molar-refractivity contribution in [2.24, 2.45) is 0 Å². The first-order valence-corrected chi connectivity index (χ1v) is 7.99. The van der Waals surface area contributed by atoms with Crippen LogP contribution in [0.15, 0.2) is 35.4 Å². The predicted molar refractivity (Wildman–Crippen MR) is 85.6 cm³/mol. The Morgan fingerprint density at radius 1 is 1.24 bits per heavy atom. The highest BCUT2D eigenvalue weighted by atomic mass is 32.2. The van der Waals surface area contributed by atoms with Crippen LogP contribution in [-0.4, -0.2) is 22.1 Å². The minimum absolute atomic E-state index is 0.0610. The average molecular weight is 301 g/mol. The molecular formula is C16H19N3OS. The van der Waals surface area contributed by atoms with Crippen LogP contribution in [0, 0.1) is 13.8 Å². The summed E-state index contributed by atoms with van der Waals surface area (Å²) in [6, 6.07) is 8.13. The first-order chi connectivity index (χ1) is 10.0. The Morgan fingerprint density at radius 3 is 2.48 bits per heavy atom. The lowest BCUT2D eigenvalue weighted by atomic mass is 10.1. The number of nitrogens with one attached hydrogen (secondary N) is 1. The summed E-state index contributed by atoms with van der Waals surface area (Å²) in [6.07, 6.45) is 3.62.